The highest BCUT2D eigenvalue weighted by molar-refractivity contribution is 6.31. The minimum Gasteiger partial charge on any atom is -0.361 e. The van der Waals surface area contributed by atoms with Crippen molar-refractivity contribution in [2.75, 3.05) is 25.0 Å². The van der Waals surface area contributed by atoms with Gasteiger partial charge in [-0.25, -0.2) is 9.67 Å². The number of aromatic nitrogens is 4. The third-order valence-electron chi connectivity index (χ3n) is 5.91. The second-order valence-corrected chi connectivity index (χ2v) is 8.33. The molecule has 158 valence electrons. The molecular weight excluding hydrogens is 412 g/mol. The summed E-state index contributed by atoms with van der Waals surface area (Å²) < 4.78 is 1.61. The molecule has 2 aromatic carbocycles. The number of para-hydroxylation sites is 1. The molecule has 8 heteroatoms. The van der Waals surface area contributed by atoms with E-state index in [0.29, 0.717) is 23.2 Å². The zero-order chi connectivity index (χ0) is 21.2. The number of amides is 1. The third-order valence-corrected chi connectivity index (χ3v) is 6.15. The molecule has 0 bridgehead atoms. The number of halogens is 1. The fourth-order valence-electron chi connectivity index (χ4n) is 4.37. The molecule has 7 nitrogen and oxygen atoms in total. The van der Waals surface area contributed by atoms with E-state index < -0.39 is 0 Å². The second kappa shape index (κ2) is 8.53. The average molecular weight is 435 g/mol. The van der Waals surface area contributed by atoms with Crippen LogP contribution in [-0.2, 0) is 4.79 Å². The molecule has 3 heterocycles. The number of carbonyl (C=O) groups is 1. The van der Waals surface area contributed by atoms with Crippen LogP contribution < -0.4 is 5.32 Å². The van der Waals surface area contributed by atoms with E-state index in [1.54, 1.807) is 23.1 Å². The first-order valence-corrected chi connectivity index (χ1v) is 10.8. The number of nitrogens with zero attached hydrogens (tertiary/aromatic N) is 4. The van der Waals surface area contributed by atoms with Gasteiger partial charge in [0.15, 0.2) is 0 Å². The van der Waals surface area contributed by atoms with Gasteiger partial charge in [-0.3, -0.25) is 9.69 Å². The zero-order valence-electron chi connectivity index (χ0n) is 17.0. The Bertz CT molecular complexity index is 1190. The van der Waals surface area contributed by atoms with Gasteiger partial charge in [0.25, 0.3) is 0 Å². The number of anilines is 1. The van der Waals surface area contributed by atoms with Gasteiger partial charge in [-0.05, 0) is 61.7 Å². The minimum absolute atomic E-state index is 0.0609. The summed E-state index contributed by atoms with van der Waals surface area (Å²) in [5.41, 5.74) is 3.92. The molecule has 0 aliphatic carbocycles. The van der Waals surface area contributed by atoms with Crippen molar-refractivity contribution < 1.29 is 4.79 Å². The van der Waals surface area contributed by atoms with Gasteiger partial charge in [0.2, 0.25) is 5.91 Å². The number of piperidine rings is 1. The maximum absolute atomic E-state index is 12.8. The third kappa shape index (κ3) is 4.19. The van der Waals surface area contributed by atoms with Gasteiger partial charge < -0.3 is 10.3 Å². The van der Waals surface area contributed by atoms with Gasteiger partial charge in [-0.1, -0.05) is 29.8 Å². The number of carbonyl (C=O) groups excluding carboxylic acids is 1. The van der Waals surface area contributed by atoms with E-state index in [0.717, 1.165) is 31.6 Å². The predicted octanol–water partition coefficient (Wildman–Crippen LogP) is 4.22. The first kappa shape index (κ1) is 19.8. The summed E-state index contributed by atoms with van der Waals surface area (Å²) in [6.45, 7) is 2.13. The smallest absolute Gasteiger partial charge is 0.238 e. The van der Waals surface area contributed by atoms with Crippen molar-refractivity contribution in [1.29, 1.82) is 0 Å². The van der Waals surface area contributed by atoms with Crippen LogP contribution >= 0.6 is 11.6 Å². The van der Waals surface area contributed by atoms with Crippen molar-refractivity contribution in [2.45, 2.75) is 18.8 Å². The summed E-state index contributed by atoms with van der Waals surface area (Å²) in [6.07, 6.45) is 7.27. The Morgan fingerprint density at radius 2 is 2.03 bits per heavy atom. The van der Waals surface area contributed by atoms with Crippen molar-refractivity contribution in [2.24, 2.45) is 0 Å². The highest BCUT2D eigenvalue weighted by Crippen LogP contribution is 2.33. The number of hydrogen-bond acceptors (Lipinski definition) is 4. The molecule has 2 aromatic heterocycles. The van der Waals surface area contributed by atoms with Crippen molar-refractivity contribution in [3.05, 3.63) is 71.9 Å². The lowest BCUT2D eigenvalue weighted by Gasteiger charge is -2.31. The van der Waals surface area contributed by atoms with Crippen molar-refractivity contribution in [3.63, 3.8) is 0 Å². The standard InChI is InChI=1S/C23H23ClN6O/c24-17-5-6-22(30-15-25-14-27-30)21(11-17)28-23(31)13-29-9-7-16(8-10-29)19-12-26-20-4-2-1-3-18(19)20/h1-6,11-12,14-16,26H,7-10,13H2,(H,28,31). The Hall–Kier alpha value is -3.16. The molecular formula is C23H23ClN6O. The van der Waals surface area contributed by atoms with Crippen LogP contribution in [0.4, 0.5) is 5.69 Å². The molecule has 31 heavy (non-hydrogen) atoms. The van der Waals surface area contributed by atoms with Crippen LogP contribution in [0.1, 0.15) is 24.3 Å². The molecule has 1 aliphatic rings. The van der Waals surface area contributed by atoms with Crippen LogP contribution in [0.25, 0.3) is 16.6 Å². The van der Waals surface area contributed by atoms with Crippen LogP contribution in [0, 0.1) is 0 Å². The molecule has 4 aromatic rings. The molecule has 0 saturated carbocycles. The summed E-state index contributed by atoms with van der Waals surface area (Å²) in [7, 11) is 0. The summed E-state index contributed by atoms with van der Waals surface area (Å²) in [6, 6.07) is 13.8. The fraction of sp³-hybridized carbons (Fsp3) is 0.261. The summed E-state index contributed by atoms with van der Waals surface area (Å²) in [5.74, 6) is 0.455. The Morgan fingerprint density at radius 1 is 1.19 bits per heavy atom. The highest BCUT2D eigenvalue weighted by atomic mass is 35.5. The van der Waals surface area contributed by atoms with E-state index >= 15 is 0 Å². The normalized spacial score (nSPS) is 15.4. The van der Waals surface area contributed by atoms with E-state index in [1.165, 1.54) is 22.8 Å². The molecule has 0 atom stereocenters. The molecule has 1 fully saturated rings. The number of H-pyrrole nitrogens is 1. The first-order chi connectivity index (χ1) is 15.2. The van der Waals surface area contributed by atoms with Crippen LogP contribution in [0.5, 0.6) is 0 Å². The lowest BCUT2D eigenvalue weighted by Crippen LogP contribution is -2.38. The van der Waals surface area contributed by atoms with Crippen LogP contribution in [0.15, 0.2) is 61.3 Å². The number of rotatable bonds is 5. The Balaban J connectivity index is 1.21. The van der Waals surface area contributed by atoms with Crippen molar-refractivity contribution in [1.82, 2.24) is 24.6 Å². The van der Waals surface area contributed by atoms with Crippen LogP contribution in [0.3, 0.4) is 0 Å². The quantitative estimate of drug-likeness (QED) is 0.493. The van der Waals surface area contributed by atoms with Crippen molar-refractivity contribution in [3.8, 4) is 5.69 Å². The fourth-order valence-corrected chi connectivity index (χ4v) is 4.54. The van der Waals surface area contributed by atoms with E-state index in [-0.39, 0.29) is 5.91 Å². The first-order valence-electron chi connectivity index (χ1n) is 10.4. The number of hydrogen-bond donors (Lipinski definition) is 2. The lowest BCUT2D eigenvalue weighted by atomic mass is 9.89. The topological polar surface area (TPSA) is 78.8 Å². The van der Waals surface area contributed by atoms with Gasteiger partial charge in [0, 0.05) is 22.1 Å². The number of nitrogens with one attached hydrogen (secondary N) is 2. The van der Waals surface area contributed by atoms with Crippen LogP contribution in [-0.4, -0.2) is 50.2 Å². The average Bonchev–Trinajstić information content (AvgIpc) is 3.45. The minimum atomic E-state index is -0.0609. The van der Waals surface area contributed by atoms with E-state index in [2.05, 4.69) is 55.7 Å². The van der Waals surface area contributed by atoms with E-state index in [4.69, 9.17) is 11.6 Å². The molecule has 0 unspecified atom stereocenters. The van der Waals surface area contributed by atoms with Crippen molar-refractivity contribution >= 4 is 34.1 Å². The molecule has 1 aliphatic heterocycles. The molecule has 1 saturated heterocycles. The molecule has 5 rings (SSSR count). The molecule has 0 radical (unpaired) electrons. The van der Waals surface area contributed by atoms with Gasteiger partial charge in [-0.15, -0.1) is 0 Å². The van der Waals surface area contributed by atoms with Gasteiger partial charge in [0.1, 0.15) is 12.7 Å². The zero-order valence-corrected chi connectivity index (χ0v) is 17.7. The van der Waals surface area contributed by atoms with Gasteiger partial charge in [0.05, 0.1) is 17.9 Å². The van der Waals surface area contributed by atoms with Gasteiger partial charge in [-0.2, -0.15) is 5.10 Å². The molecule has 0 spiro atoms. The second-order valence-electron chi connectivity index (χ2n) is 7.89. The van der Waals surface area contributed by atoms with E-state index in [9.17, 15) is 4.79 Å². The van der Waals surface area contributed by atoms with Gasteiger partial charge >= 0.3 is 0 Å². The summed E-state index contributed by atoms with van der Waals surface area (Å²) >= 11 is 6.15. The largest absolute Gasteiger partial charge is 0.361 e. The number of likely N-dealkylation sites (tertiary alicyclic amines) is 1. The summed E-state index contributed by atoms with van der Waals surface area (Å²) in [4.78, 5) is 22.3. The molecule has 1 amide bonds. The monoisotopic (exact) mass is 434 g/mol. The Labute approximate surface area is 185 Å². The summed E-state index contributed by atoms with van der Waals surface area (Å²) in [5, 5.41) is 9.00. The maximum atomic E-state index is 12.8. The predicted molar refractivity (Wildman–Crippen MR) is 122 cm³/mol. The Kier molecular flexibility index (Phi) is 5.44. The molecule has 2 N–H and O–H groups in total. The van der Waals surface area contributed by atoms with Crippen LogP contribution in [0.2, 0.25) is 5.02 Å². The maximum Gasteiger partial charge on any atom is 0.238 e. The lowest BCUT2D eigenvalue weighted by molar-refractivity contribution is -0.117. The highest BCUT2D eigenvalue weighted by Gasteiger charge is 2.24. The SMILES string of the molecule is O=C(CN1CCC(c2c[nH]c3ccccc23)CC1)Nc1cc(Cl)ccc1-n1cncn1. The number of fused-ring (bicyclic) bond motifs is 1. The van der Waals surface area contributed by atoms with E-state index in [1.807, 2.05) is 6.07 Å². The number of aromatic amines is 1. The number of benzene rings is 2. The Morgan fingerprint density at radius 3 is 2.84 bits per heavy atom.